The Hall–Kier alpha value is -3.22. The number of fused-ring (bicyclic) bond motifs is 2. The van der Waals surface area contributed by atoms with Crippen LogP contribution in [0, 0.1) is 29.6 Å². The second-order valence-electron chi connectivity index (χ2n) is 16.5. The van der Waals surface area contributed by atoms with Crippen LogP contribution in [0.3, 0.4) is 0 Å². The normalized spacial score (nSPS) is 39.0. The number of hydrogen-bond donors (Lipinski definition) is 2. The van der Waals surface area contributed by atoms with Gasteiger partial charge >= 0.3 is 11.9 Å². The zero-order valence-corrected chi connectivity index (χ0v) is 35.3. The maximum absolute atomic E-state index is 14.7. The number of imidazole rings is 1. The van der Waals surface area contributed by atoms with E-state index in [1.165, 1.54) is 32.1 Å². The van der Waals surface area contributed by atoms with Crippen molar-refractivity contribution in [2.45, 2.75) is 134 Å². The third-order valence-electron chi connectivity index (χ3n) is 12.4. The molecule has 2 aromatic heterocycles. The van der Waals surface area contributed by atoms with Crippen LogP contribution in [0.5, 0.6) is 0 Å². The van der Waals surface area contributed by atoms with Gasteiger partial charge in [-0.25, -0.2) is 15.0 Å². The van der Waals surface area contributed by atoms with Crippen LogP contribution in [0.15, 0.2) is 12.7 Å². The lowest BCUT2D eigenvalue weighted by Gasteiger charge is -2.47. The van der Waals surface area contributed by atoms with Gasteiger partial charge in [0.05, 0.1) is 24.1 Å². The number of hydrogen-bond acceptors (Lipinski definition) is 16. The Kier molecular flexibility index (Phi) is 13.6. The van der Waals surface area contributed by atoms with Crippen molar-refractivity contribution in [3.05, 3.63) is 12.7 Å². The zero-order chi connectivity index (χ0) is 41.4. The summed E-state index contributed by atoms with van der Waals surface area (Å²) >= 11 is 1.35. The van der Waals surface area contributed by atoms with Crippen molar-refractivity contribution < 1.29 is 48.0 Å². The lowest BCUT2D eigenvalue weighted by Crippen LogP contribution is -2.59. The van der Waals surface area contributed by atoms with Crippen LogP contribution in [-0.2, 0) is 49.4 Å². The number of esters is 2. The van der Waals surface area contributed by atoms with E-state index in [1.807, 2.05) is 37.4 Å². The lowest BCUT2D eigenvalue weighted by molar-refractivity contribution is -0.295. The number of nitrogens with zero attached hydrogens (tertiary/aromatic N) is 5. The van der Waals surface area contributed by atoms with Gasteiger partial charge in [0.2, 0.25) is 0 Å². The van der Waals surface area contributed by atoms with Crippen LogP contribution < -0.4 is 5.73 Å². The van der Waals surface area contributed by atoms with Crippen molar-refractivity contribution in [2.75, 3.05) is 32.7 Å². The second kappa shape index (κ2) is 17.3. The van der Waals surface area contributed by atoms with Gasteiger partial charge in [0.25, 0.3) is 0 Å². The number of carbonyl (C=O) groups is 4. The number of aliphatic hydroxyl groups excluding tert-OH is 1. The molecule has 3 N–H and O–H groups in total. The predicted molar refractivity (Wildman–Crippen MR) is 208 cm³/mol. The summed E-state index contributed by atoms with van der Waals surface area (Å²) in [4.78, 5) is 71.4. The van der Waals surface area contributed by atoms with E-state index < -0.39 is 88.4 Å². The average Bonchev–Trinajstić information content (AvgIpc) is 3.69. The maximum Gasteiger partial charge on any atom is 0.320 e. The molecule has 0 aromatic carbocycles. The number of rotatable bonds is 9. The van der Waals surface area contributed by atoms with Crippen molar-refractivity contribution in [2.24, 2.45) is 29.6 Å². The van der Waals surface area contributed by atoms with Gasteiger partial charge in [-0.1, -0.05) is 27.7 Å². The number of cyclic esters (lactones) is 1. The summed E-state index contributed by atoms with van der Waals surface area (Å²) in [6.45, 7) is 14.4. The average molecular weight is 805 g/mol. The monoisotopic (exact) mass is 804 g/mol. The summed E-state index contributed by atoms with van der Waals surface area (Å²) in [6, 6.07) is -0.285. The highest BCUT2D eigenvalue weighted by Gasteiger charge is 2.61. The highest BCUT2D eigenvalue weighted by atomic mass is 32.2. The first-order valence-electron chi connectivity index (χ1n) is 19.5. The van der Waals surface area contributed by atoms with Gasteiger partial charge in [-0.15, -0.1) is 11.8 Å². The third kappa shape index (κ3) is 8.35. The largest absolute Gasteiger partial charge is 0.458 e. The highest BCUT2D eigenvalue weighted by molar-refractivity contribution is 8.00. The van der Waals surface area contributed by atoms with Crippen LogP contribution in [0.4, 0.5) is 5.82 Å². The Morgan fingerprint density at radius 2 is 1.73 bits per heavy atom. The van der Waals surface area contributed by atoms with E-state index in [0.29, 0.717) is 29.9 Å². The standard InChI is InChI=1S/C39H60N6O10S/c1-12-25-39(8)26(31(36(50)55-39)56-14-13-45-18-43-27-33(40)41-17-42-34(27)45)21(4)28(46)19(2)16-38(7,51-11)32(22(5)29(47)23(6)35(49)53-25)54-37-30(48)24(44(9)10)15-20(3)52-37/h17-26,30-32,37,48H,12-16H2,1-11H3,(H2,40,41,42)/t19-,20-,21-,22+,23-,24+,25-,26+,30-,31+,32-,37+,38-,39-/m1/s1. The second-order valence-corrected chi connectivity index (χ2v) is 17.7. The number of likely N-dealkylation sites (N-methyl/N-ethyl adjacent to an activating group) is 1. The fourth-order valence-electron chi connectivity index (χ4n) is 9.09. The fourth-order valence-corrected chi connectivity index (χ4v) is 10.5. The molecule has 3 saturated heterocycles. The van der Waals surface area contributed by atoms with Crippen LogP contribution in [0.1, 0.15) is 74.7 Å². The number of ketones is 2. The molecule has 0 bridgehead atoms. The van der Waals surface area contributed by atoms with Gasteiger partial charge in [-0.2, -0.15) is 0 Å². The molecule has 0 unspecified atom stereocenters. The van der Waals surface area contributed by atoms with Crippen molar-refractivity contribution >= 4 is 52.2 Å². The molecule has 5 heterocycles. The summed E-state index contributed by atoms with van der Waals surface area (Å²) in [7, 11) is 5.22. The Balaban J connectivity index is 1.50. The number of ether oxygens (including phenoxy) is 5. The van der Waals surface area contributed by atoms with Crippen molar-refractivity contribution in [1.29, 1.82) is 0 Å². The van der Waals surface area contributed by atoms with E-state index in [1.54, 1.807) is 40.9 Å². The number of methoxy groups -OCH3 is 1. The van der Waals surface area contributed by atoms with E-state index in [0.717, 1.165) is 0 Å². The Labute approximate surface area is 333 Å². The quantitative estimate of drug-likeness (QED) is 0.276. The molecule has 0 spiro atoms. The molecule has 14 atom stereocenters. The molecule has 0 amide bonds. The Bertz CT molecular complexity index is 1760. The molecule has 3 aliphatic rings. The van der Waals surface area contributed by atoms with E-state index in [9.17, 15) is 24.3 Å². The van der Waals surface area contributed by atoms with Crippen molar-refractivity contribution in [3.8, 4) is 0 Å². The van der Waals surface area contributed by atoms with E-state index in [4.69, 9.17) is 29.4 Å². The molecule has 0 aliphatic carbocycles. The van der Waals surface area contributed by atoms with Crippen LogP contribution in [0.25, 0.3) is 11.2 Å². The van der Waals surface area contributed by atoms with Gasteiger partial charge < -0.3 is 44.0 Å². The van der Waals surface area contributed by atoms with E-state index in [2.05, 4.69) is 15.0 Å². The summed E-state index contributed by atoms with van der Waals surface area (Å²) in [5.41, 5.74) is 4.35. The van der Waals surface area contributed by atoms with Crippen molar-refractivity contribution in [1.82, 2.24) is 24.4 Å². The molecule has 17 heteroatoms. The summed E-state index contributed by atoms with van der Waals surface area (Å²) in [6.07, 6.45) is -0.537. The molecule has 56 heavy (non-hydrogen) atoms. The fraction of sp³-hybridized carbons (Fsp3) is 0.769. The van der Waals surface area contributed by atoms with E-state index >= 15 is 0 Å². The number of carbonyl (C=O) groups excluding carboxylic acids is 4. The first-order valence-corrected chi connectivity index (χ1v) is 20.6. The van der Waals surface area contributed by atoms with Crippen LogP contribution in [0.2, 0.25) is 0 Å². The number of aliphatic hydroxyl groups is 1. The first-order chi connectivity index (χ1) is 26.3. The Morgan fingerprint density at radius 1 is 1.04 bits per heavy atom. The highest BCUT2D eigenvalue weighted by Crippen LogP contribution is 2.49. The Morgan fingerprint density at radius 3 is 2.38 bits per heavy atom. The molecule has 0 radical (unpaired) electrons. The van der Waals surface area contributed by atoms with Crippen molar-refractivity contribution in [3.63, 3.8) is 0 Å². The summed E-state index contributed by atoms with van der Waals surface area (Å²) in [5, 5.41) is 10.6. The number of aryl methyl sites for hydroxylation is 1. The maximum atomic E-state index is 14.7. The zero-order valence-electron chi connectivity index (χ0n) is 34.5. The smallest absolute Gasteiger partial charge is 0.320 e. The van der Waals surface area contributed by atoms with Gasteiger partial charge in [0.1, 0.15) is 41.0 Å². The topological polar surface area (TPSA) is 208 Å². The summed E-state index contributed by atoms with van der Waals surface area (Å²) in [5.74, 6) is -5.52. The number of aromatic nitrogens is 4. The molecule has 312 valence electrons. The molecular weight excluding hydrogens is 745 g/mol. The summed E-state index contributed by atoms with van der Waals surface area (Å²) < 4.78 is 33.0. The lowest BCUT2D eigenvalue weighted by atomic mass is 9.70. The molecule has 16 nitrogen and oxygen atoms in total. The number of nitrogens with two attached hydrogens (primary N) is 1. The van der Waals surface area contributed by atoms with Gasteiger partial charge in [0, 0.05) is 49.1 Å². The van der Waals surface area contributed by atoms with E-state index in [-0.39, 0.29) is 36.6 Å². The van der Waals surface area contributed by atoms with Gasteiger partial charge in [-0.05, 0) is 61.1 Å². The minimum atomic E-state index is -1.39. The molecule has 3 fully saturated rings. The number of nitrogen functional groups attached to an aromatic ring is 1. The number of anilines is 1. The van der Waals surface area contributed by atoms with Crippen LogP contribution >= 0.6 is 11.8 Å². The molecule has 0 saturated carbocycles. The minimum absolute atomic E-state index is 0.120. The molecular formula is C39H60N6O10S. The third-order valence-corrected chi connectivity index (χ3v) is 13.6. The van der Waals surface area contributed by atoms with Crippen LogP contribution in [-0.4, -0.2) is 133 Å². The number of thioether (sulfide) groups is 1. The van der Waals surface area contributed by atoms with Gasteiger partial charge in [-0.3, -0.25) is 19.2 Å². The predicted octanol–water partition coefficient (Wildman–Crippen LogP) is 3.07. The molecule has 5 rings (SSSR count). The molecule has 3 aliphatic heterocycles. The first kappa shape index (κ1) is 43.9. The SMILES string of the molecule is CC[C@H]1OC(=O)[C@H](C)C(=O)[C@H](C)[C@@H](O[C@@H]2O[C@H](C)C[C@H](N(C)C)[C@H]2O)[C@](C)(OC)C[C@@H](C)C(=O)[C@H](C)[C@H]2[C@H](SCCn3cnc4c(N)ncnc43)C(=O)O[C@@]21C. The molecule has 2 aromatic rings. The minimum Gasteiger partial charge on any atom is -0.458 e. The van der Waals surface area contributed by atoms with Gasteiger partial charge in [0.15, 0.2) is 29.1 Å². The number of Topliss-reactive ketones (excluding diaryl/α,β-unsaturated/α-hetero) is 2.